The van der Waals surface area contributed by atoms with E-state index in [-0.39, 0.29) is 31.1 Å². The Morgan fingerprint density at radius 1 is 0.659 bits per heavy atom. The van der Waals surface area contributed by atoms with E-state index < -0.39 is 90.1 Å². The van der Waals surface area contributed by atoms with Gasteiger partial charge in [0.15, 0.2) is 0 Å². The molecule has 0 aliphatic rings. The molecule has 0 saturated carbocycles. The van der Waals surface area contributed by atoms with E-state index in [1.165, 1.54) is 13.8 Å². The molecule has 17 nitrogen and oxygen atoms in total. The van der Waals surface area contributed by atoms with E-state index in [2.05, 4.69) is 26.6 Å². The highest BCUT2D eigenvalue weighted by atomic mass is 16.4. The van der Waals surface area contributed by atoms with E-state index in [1.807, 2.05) is 0 Å². The number of carbonyl (C=O) groups excluding carboxylic acids is 6. The predicted octanol–water partition coefficient (Wildman–Crippen LogP) is -2.31. The molecule has 44 heavy (non-hydrogen) atoms. The van der Waals surface area contributed by atoms with Crippen molar-refractivity contribution in [3.63, 3.8) is 0 Å². The van der Waals surface area contributed by atoms with Crippen molar-refractivity contribution in [2.45, 2.75) is 110 Å². The summed E-state index contributed by atoms with van der Waals surface area (Å²) < 4.78 is 0. The molecule has 0 bridgehead atoms. The van der Waals surface area contributed by atoms with E-state index >= 15 is 0 Å². The van der Waals surface area contributed by atoms with Crippen LogP contribution in [0, 0.1) is 11.8 Å². The Kier molecular flexibility index (Phi) is 17.2. The second-order valence-corrected chi connectivity index (χ2v) is 11.1. The number of nitrogens with two attached hydrogens (primary N) is 2. The zero-order chi connectivity index (χ0) is 34.3. The molecule has 0 unspecified atom stereocenters. The van der Waals surface area contributed by atoms with Crippen molar-refractivity contribution in [1.82, 2.24) is 26.6 Å². The minimum atomic E-state index is -1.62. The van der Waals surface area contributed by atoms with Crippen LogP contribution in [-0.4, -0.2) is 93.8 Å². The van der Waals surface area contributed by atoms with Crippen molar-refractivity contribution in [1.29, 1.82) is 0 Å². The predicted molar refractivity (Wildman–Crippen MR) is 156 cm³/mol. The number of hydrogen-bond acceptors (Lipinski definition) is 9. The van der Waals surface area contributed by atoms with Crippen LogP contribution >= 0.6 is 0 Å². The molecule has 11 N–H and O–H groups in total. The first-order chi connectivity index (χ1) is 20.3. The lowest BCUT2D eigenvalue weighted by Crippen LogP contribution is -2.59. The van der Waals surface area contributed by atoms with Gasteiger partial charge in [-0.05, 0) is 38.5 Å². The van der Waals surface area contributed by atoms with Gasteiger partial charge in [0, 0.05) is 6.42 Å². The molecule has 0 aliphatic carbocycles. The first kappa shape index (κ1) is 39.7. The second kappa shape index (κ2) is 19.1. The van der Waals surface area contributed by atoms with Crippen LogP contribution in [0.4, 0.5) is 0 Å². The highest BCUT2D eigenvalue weighted by Gasteiger charge is 2.33. The number of aliphatic carboxylic acids is 2. The molecule has 17 heteroatoms. The monoisotopic (exact) mass is 629 g/mol. The summed E-state index contributed by atoms with van der Waals surface area (Å²) in [5, 5.41) is 30.0. The van der Waals surface area contributed by atoms with Gasteiger partial charge in [0.05, 0.1) is 12.5 Å². The Balaban J connectivity index is 5.92. The Bertz CT molecular complexity index is 1070. The second-order valence-electron chi connectivity index (χ2n) is 11.1. The minimum Gasteiger partial charge on any atom is -0.481 e. The molecule has 250 valence electrons. The van der Waals surface area contributed by atoms with E-state index in [1.54, 1.807) is 27.7 Å². The molecule has 0 radical (unpaired) electrons. The van der Waals surface area contributed by atoms with Crippen LogP contribution in [0.15, 0.2) is 0 Å². The number of primary amides is 1. The first-order valence-electron chi connectivity index (χ1n) is 14.3. The lowest BCUT2D eigenvalue weighted by atomic mass is 9.99. The summed E-state index contributed by atoms with van der Waals surface area (Å²) in [6.07, 6.45) is -0.912. The standard InChI is InChI=1S/C27H47N7O10/c1-7-13(4)21(29)26(42)34-18(11-20(36)37)25(41)32-16(8-9-19(28)35)23(39)33-17(10-12(2)3)24(40)30-14(5)22(38)31-15(6)27(43)44/h12-18,21H,7-11,29H2,1-6H3,(H2,28,35)(H,30,40)(H,31,38)(H,32,41)(H,33,39)(H,34,42)(H,36,37)(H,43,44)/t13-,14-,15-,16-,17-,18-,21-/m0/s1. The number of carbonyl (C=O) groups is 8. The molecule has 0 aromatic rings. The topological polar surface area (TPSA) is 289 Å². The molecule has 0 aromatic heterocycles. The number of carboxylic acid groups (broad SMARTS) is 2. The Hall–Kier alpha value is -4.28. The van der Waals surface area contributed by atoms with E-state index in [9.17, 15) is 43.5 Å². The van der Waals surface area contributed by atoms with E-state index in [0.29, 0.717) is 6.42 Å². The Labute approximate surface area is 256 Å². The van der Waals surface area contributed by atoms with Crippen molar-refractivity contribution in [3.05, 3.63) is 0 Å². The van der Waals surface area contributed by atoms with E-state index in [4.69, 9.17) is 16.6 Å². The Morgan fingerprint density at radius 2 is 1.14 bits per heavy atom. The summed E-state index contributed by atoms with van der Waals surface area (Å²) in [6.45, 7) is 9.57. The number of nitrogens with one attached hydrogen (secondary N) is 5. The van der Waals surface area contributed by atoms with Crippen LogP contribution in [0.5, 0.6) is 0 Å². The highest BCUT2D eigenvalue weighted by Crippen LogP contribution is 2.09. The molecule has 7 atom stereocenters. The van der Waals surface area contributed by atoms with Gasteiger partial charge < -0.3 is 48.3 Å². The average molecular weight is 630 g/mol. The molecule has 0 aromatic carbocycles. The van der Waals surface area contributed by atoms with Crippen LogP contribution in [0.25, 0.3) is 0 Å². The first-order valence-corrected chi connectivity index (χ1v) is 14.3. The van der Waals surface area contributed by atoms with Crippen molar-refractivity contribution < 1.29 is 48.6 Å². The smallest absolute Gasteiger partial charge is 0.325 e. The van der Waals surface area contributed by atoms with Crippen LogP contribution in [0.2, 0.25) is 0 Å². The molecule has 0 rings (SSSR count). The molecular weight excluding hydrogens is 582 g/mol. The molecule has 0 fully saturated rings. The van der Waals surface area contributed by atoms with Crippen molar-refractivity contribution in [2.75, 3.05) is 0 Å². The zero-order valence-electron chi connectivity index (χ0n) is 26.0. The minimum absolute atomic E-state index is 0.0825. The fourth-order valence-electron chi connectivity index (χ4n) is 3.75. The largest absolute Gasteiger partial charge is 0.481 e. The Morgan fingerprint density at radius 3 is 1.61 bits per heavy atom. The summed E-state index contributed by atoms with van der Waals surface area (Å²) in [7, 11) is 0. The fraction of sp³-hybridized carbons (Fsp3) is 0.704. The maximum atomic E-state index is 13.3. The normalized spacial score (nSPS) is 15.7. The third kappa shape index (κ3) is 14.8. The lowest BCUT2D eigenvalue weighted by Gasteiger charge is -2.27. The van der Waals surface area contributed by atoms with Gasteiger partial charge in [0.1, 0.15) is 30.2 Å². The molecule has 6 amide bonds. The average Bonchev–Trinajstić information content (AvgIpc) is 2.92. The van der Waals surface area contributed by atoms with Gasteiger partial charge in [-0.25, -0.2) is 0 Å². The van der Waals surface area contributed by atoms with Gasteiger partial charge in [0.2, 0.25) is 35.4 Å². The fourth-order valence-corrected chi connectivity index (χ4v) is 3.75. The molecule has 0 saturated heterocycles. The van der Waals surface area contributed by atoms with Crippen LogP contribution < -0.4 is 38.1 Å². The van der Waals surface area contributed by atoms with Gasteiger partial charge in [-0.1, -0.05) is 34.1 Å². The van der Waals surface area contributed by atoms with Crippen molar-refractivity contribution in [2.24, 2.45) is 23.3 Å². The van der Waals surface area contributed by atoms with Gasteiger partial charge >= 0.3 is 11.9 Å². The molecular formula is C27H47N7O10. The zero-order valence-corrected chi connectivity index (χ0v) is 26.0. The maximum absolute atomic E-state index is 13.3. The number of rotatable bonds is 20. The number of hydrogen-bond donors (Lipinski definition) is 9. The maximum Gasteiger partial charge on any atom is 0.325 e. The quantitative estimate of drug-likeness (QED) is 0.0689. The summed E-state index contributed by atoms with van der Waals surface area (Å²) in [5.74, 6) is -8.26. The summed E-state index contributed by atoms with van der Waals surface area (Å²) >= 11 is 0. The van der Waals surface area contributed by atoms with E-state index in [0.717, 1.165) is 0 Å². The SMILES string of the molecule is CC[C@H](C)[C@H](N)C(=O)N[C@@H](CC(=O)O)C(=O)N[C@@H](CCC(N)=O)C(=O)N[C@@H](CC(C)C)C(=O)N[C@@H](C)C(=O)N[C@@H](C)C(=O)O. The molecule has 0 heterocycles. The summed E-state index contributed by atoms with van der Waals surface area (Å²) in [4.78, 5) is 98.3. The number of amides is 6. The number of carboxylic acids is 2. The van der Waals surface area contributed by atoms with Gasteiger partial charge in [0.25, 0.3) is 0 Å². The van der Waals surface area contributed by atoms with Gasteiger partial charge in [-0.15, -0.1) is 0 Å². The third-order valence-corrected chi connectivity index (χ3v) is 6.71. The van der Waals surface area contributed by atoms with Crippen LogP contribution in [0.1, 0.15) is 73.6 Å². The molecule has 0 spiro atoms. The van der Waals surface area contributed by atoms with Gasteiger partial charge in [-0.2, -0.15) is 0 Å². The third-order valence-electron chi connectivity index (χ3n) is 6.71. The molecule has 0 aliphatic heterocycles. The summed E-state index contributed by atoms with van der Waals surface area (Å²) in [5.41, 5.74) is 11.1. The van der Waals surface area contributed by atoms with Gasteiger partial charge in [-0.3, -0.25) is 38.4 Å². The highest BCUT2D eigenvalue weighted by molar-refractivity contribution is 5.97. The van der Waals surface area contributed by atoms with Crippen LogP contribution in [0.3, 0.4) is 0 Å². The van der Waals surface area contributed by atoms with Crippen molar-refractivity contribution in [3.8, 4) is 0 Å². The lowest BCUT2D eigenvalue weighted by molar-refractivity contribution is -0.142. The van der Waals surface area contributed by atoms with Crippen LogP contribution in [-0.2, 0) is 38.4 Å². The summed E-state index contributed by atoms with van der Waals surface area (Å²) in [6, 6.07) is -7.77. The van der Waals surface area contributed by atoms with Crippen molar-refractivity contribution >= 4 is 47.4 Å².